The molecule has 1 aliphatic carbocycles. The highest BCUT2D eigenvalue weighted by atomic mass is 16.5. The van der Waals surface area contributed by atoms with Gasteiger partial charge in [-0.1, -0.05) is 44.2 Å². The van der Waals surface area contributed by atoms with Crippen LogP contribution in [-0.4, -0.2) is 62.3 Å². The van der Waals surface area contributed by atoms with Crippen LogP contribution in [0.25, 0.3) is 0 Å². The Hall–Kier alpha value is -1.59. The number of ether oxygens (including phenoxy) is 1. The highest BCUT2D eigenvalue weighted by Crippen LogP contribution is 2.40. The summed E-state index contributed by atoms with van der Waals surface area (Å²) in [5, 5.41) is 7.05. The third-order valence-corrected chi connectivity index (χ3v) is 5.41. The summed E-state index contributed by atoms with van der Waals surface area (Å²) < 4.78 is 5.51. The third kappa shape index (κ3) is 5.21. The lowest BCUT2D eigenvalue weighted by molar-refractivity contribution is 0.00867. The minimum atomic E-state index is 0.471. The van der Waals surface area contributed by atoms with Gasteiger partial charge in [0.05, 0.1) is 19.8 Å². The molecule has 5 nitrogen and oxygen atoms in total. The topological polar surface area (TPSA) is 48.9 Å². The lowest BCUT2D eigenvalue weighted by Crippen LogP contribution is -2.48. The monoisotopic (exact) mass is 358 g/mol. The maximum absolute atomic E-state index is 5.51. The van der Waals surface area contributed by atoms with Crippen molar-refractivity contribution >= 4 is 5.96 Å². The maximum atomic E-state index is 5.51. The quantitative estimate of drug-likeness (QED) is 0.581. The van der Waals surface area contributed by atoms with Crippen molar-refractivity contribution in [3.8, 4) is 0 Å². The molecule has 26 heavy (non-hydrogen) atoms. The minimum Gasteiger partial charge on any atom is -0.379 e. The van der Waals surface area contributed by atoms with Crippen molar-refractivity contribution in [2.24, 2.45) is 10.9 Å². The molecule has 0 spiro atoms. The molecule has 0 aromatic heterocycles. The van der Waals surface area contributed by atoms with Gasteiger partial charge < -0.3 is 15.4 Å². The van der Waals surface area contributed by atoms with Gasteiger partial charge in [-0.05, 0) is 24.8 Å². The van der Waals surface area contributed by atoms with Crippen LogP contribution in [0, 0.1) is 5.92 Å². The van der Waals surface area contributed by atoms with Crippen LogP contribution in [0.15, 0.2) is 35.3 Å². The molecule has 1 saturated carbocycles. The smallest absolute Gasteiger partial charge is 0.191 e. The van der Waals surface area contributed by atoms with Gasteiger partial charge in [0.25, 0.3) is 0 Å². The van der Waals surface area contributed by atoms with Gasteiger partial charge in [0.2, 0.25) is 0 Å². The summed E-state index contributed by atoms with van der Waals surface area (Å²) in [6.07, 6.45) is 1.19. The Kier molecular flexibility index (Phi) is 6.92. The number of nitrogens with one attached hydrogen (secondary N) is 2. The molecule has 144 valence electrons. The first-order chi connectivity index (χ1) is 12.7. The van der Waals surface area contributed by atoms with Crippen LogP contribution in [0.3, 0.4) is 0 Å². The Bertz CT molecular complexity index is 569. The Morgan fingerprint density at radius 1 is 1.23 bits per heavy atom. The normalized spacial score (nSPS) is 25.2. The molecular weight excluding hydrogens is 324 g/mol. The molecule has 3 atom stereocenters. The maximum Gasteiger partial charge on any atom is 0.191 e. The fourth-order valence-corrected chi connectivity index (χ4v) is 3.76. The summed E-state index contributed by atoms with van der Waals surface area (Å²) in [6, 6.07) is 11.7. The zero-order chi connectivity index (χ0) is 18.4. The molecule has 2 fully saturated rings. The van der Waals surface area contributed by atoms with Gasteiger partial charge >= 0.3 is 0 Å². The fourth-order valence-electron chi connectivity index (χ4n) is 3.76. The van der Waals surface area contributed by atoms with Gasteiger partial charge in [-0.3, -0.25) is 9.89 Å². The molecule has 1 aromatic carbocycles. The van der Waals surface area contributed by atoms with E-state index in [4.69, 9.17) is 9.73 Å². The third-order valence-electron chi connectivity index (χ3n) is 5.41. The van der Waals surface area contributed by atoms with E-state index in [9.17, 15) is 0 Å². The Labute approximate surface area is 158 Å². The standard InChI is InChI=1S/C21H34N4O/c1-4-22-21(24-19-14-18(19)17-8-6-5-7-9-17)23-15-20(16(2)3)25-10-12-26-13-11-25/h5-9,16,18-20H,4,10-15H2,1-3H3,(H2,22,23,24). The van der Waals surface area contributed by atoms with Gasteiger partial charge in [0.1, 0.15) is 0 Å². The van der Waals surface area contributed by atoms with Crippen molar-refractivity contribution in [1.82, 2.24) is 15.5 Å². The Morgan fingerprint density at radius 3 is 2.62 bits per heavy atom. The van der Waals surface area contributed by atoms with E-state index in [1.807, 2.05) is 0 Å². The molecule has 0 amide bonds. The molecule has 2 aliphatic rings. The summed E-state index contributed by atoms with van der Waals surface area (Å²) in [7, 11) is 0. The van der Waals surface area contributed by atoms with E-state index >= 15 is 0 Å². The lowest BCUT2D eigenvalue weighted by atomic mass is 10.0. The van der Waals surface area contributed by atoms with E-state index in [1.54, 1.807) is 0 Å². The molecule has 5 heteroatoms. The number of benzene rings is 1. The second-order valence-electron chi connectivity index (χ2n) is 7.68. The number of hydrogen-bond acceptors (Lipinski definition) is 3. The van der Waals surface area contributed by atoms with Crippen LogP contribution in [0.1, 0.15) is 38.7 Å². The van der Waals surface area contributed by atoms with Gasteiger partial charge in [0.15, 0.2) is 5.96 Å². The summed E-state index contributed by atoms with van der Waals surface area (Å²) in [5.74, 6) is 2.15. The van der Waals surface area contributed by atoms with Crippen LogP contribution in [0.5, 0.6) is 0 Å². The number of morpholine rings is 1. The number of hydrogen-bond donors (Lipinski definition) is 2. The molecule has 3 rings (SSSR count). The number of guanidine groups is 1. The average molecular weight is 359 g/mol. The largest absolute Gasteiger partial charge is 0.379 e. The fraction of sp³-hybridized carbons (Fsp3) is 0.667. The predicted octanol–water partition coefficient (Wildman–Crippen LogP) is 2.45. The van der Waals surface area contributed by atoms with E-state index in [1.165, 1.54) is 12.0 Å². The Balaban J connectivity index is 1.58. The van der Waals surface area contributed by atoms with Gasteiger partial charge in [-0.25, -0.2) is 0 Å². The molecule has 0 radical (unpaired) electrons. The van der Waals surface area contributed by atoms with Gasteiger partial charge in [-0.15, -0.1) is 0 Å². The summed E-state index contributed by atoms with van der Waals surface area (Å²) in [4.78, 5) is 7.46. The first-order valence-electron chi connectivity index (χ1n) is 10.1. The summed E-state index contributed by atoms with van der Waals surface area (Å²) in [5.41, 5.74) is 1.43. The summed E-state index contributed by atoms with van der Waals surface area (Å²) in [6.45, 7) is 12.1. The van der Waals surface area contributed by atoms with Crippen molar-refractivity contribution in [3.63, 3.8) is 0 Å². The Morgan fingerprint density at radius 2 is 1.96 bits per heavy atom. The van der Waals surface area contributed by atoms with E-state index < -0.39 is 0 Å². The number of aliphatic imine (C=N–C) groups is 1. The van der Waals surface area contributed by atoms with E-state index in [2.05, 4.69) is 66.6 Å². The molecule has 1 heterocycles. The highest BCUT2D eigenvalue weighted by Gasteiger charge is 2.38. The molecular formula is C21H34N4O. The van der Waals surface area contributed by atoms with Gasteiger partial charge in [-0.2, -0.15) is 0 Å². The second kappa shape index (κ2) is 9.38. The van der Waals surface area contributed by atoms with Crippen molar-refractivity contribution < 1.29 is 4.74 Å². The van der Waals surface area contributed by atoms with Crippen molar-refractivity contribution in [2.45, 2.75) is 45.2 Å². The summed E-state index contributed by atoms with van der Waals surface area (Å²) >= 11 is 0. The lowest BCUT2D eigenvalue weighted by Gasteiger charge is -2.36. The van der Waals surface area contributed by atoms with Crippen LogP contribution in [0.4, 0.5) is 0 Å². The molecule has 1 saturated heterocycles. The SMILES string of the molecule is CCNC(=NCC(C(C)C)N1CCOCC1)NC1CC1c1ccccc1. The van der Waals surface area contributed by atoms with Gasteiger partial charge in [0, 0.05) is 37.6 Å². The average Bonchev–Trinajstić information content (AvgIpc) is 3.42. The molecule has 1 aliphatic heterocycles. The first-order valence-corrected chi connectivity index (χ1v) is 10.1. The van der Waals surface area contributed by atoms with E-state index in [-0.39, 0.29) is 0 Å². The zero-order valence-electron chi connectivity index (χ0n) is 16.4. The number of rotatable bonds is 7. The molecule has 1 aromatic rings. The second-order valence-corrected chi connectivity index (χ2v) is 7.68. The molecule has 2 N–H and O–H groups in total. The van der Waals surface area contributed by atoms with Crippen molar-refractivity contribution in [1.29, 1.82) is 0 Å². The molecule has 3 unspecified atom stereocenters. The zero-order valence-corrected chi connectivity index (χ0v) is 16.4. The number of nitrogens with zero attached hydrogens (tertiary/aromatic N) is 2. The van der Waals surface area contributed by atoms with E-state index in [0.29, 0.717) is 23.9 Å². The molecule has 0 bridgehead atoms. The van der Waals surface area contributed by atoms with E-state index in [0.717, 1.165) is 45.4 Å². The minimum absolute atomic E-state index is 0.471. The van der Waals surface area contributed by atoms with Crippen LogP contribution >= 0.6 is 0 Å². The van der Waals surface area contributed by atoms with Crippen LogP contribution in [0.2, 0.25) is 0 Å². The predicted molar refractivity (Wildman–Crippen MR) is 108 cm³/mol. The van der Waals surface area contributed by atoms with Crippen molar-refractivity contribution in [2.75, 3.05) is 39.4 Å². The highest BCUT2D eigenvalue weighted by molar-refractivity contribution is 5.80. The van der Waals surface area contributed by atoms with Crippen LogP contribution in [-0.2, 0) is 4.74 Å². The first kappa shape index (κ1) is 19.2. The van der Waals surface area contributed by atoms with Crippen LogP contribution < -0.4 is 10.6 Å². The van der Waals surface area contributed by atoms with Crippen molar-refractivity contribution in [3.05, 3.63) is 35.9 Å².